The summed E-state index contributed by atoms with van der Waals surface area (Å²) < 4.78 is 5.12. The molecule has 0 saturated heterocycles. The minimum Gasteiger partial charge on any atom is -0.497 e. The highest BCUT2D eigenvalue weighted by Crippen LogP contribution is 2.26. The quantitative estimate of drug-likeness (QED) is 0.376. The van der Waals surface area contributed by atoms with Crippen molar-refractivity contribution in [3.8, 4) is 16.3 Å². The van der Waals surface area contributed by atoms with Crippen molar-refractivity contribution in [2.24, 2.45) is 0 Å². The molecule has 2 aromatic heterocycles. The Morgan fingerprint density at radius 3 is 2.48 bits per heavy atom. The third-order valence-corrected chi connectivity index (χ3v) is 6.41. The van der Waals surface area contributed by atoms with Crippen LogP contribution < -0.4 is 15.4 Å². The van der Waals surface area contributed by atoms with Gasteiger partial charge in [0.1, 0.15) is 15.8 Å². The van der Waals surface area contributed by atoms with Gasteiger partial charge in [0, 0.05) is 24.9 Å². The van der Waals surface area contributed by atoms with Gasteiger partial charge in [0.05, 0.1) is 7.11 Å². The molecule has 0 bridgehead atoms. The number of nitrogens with zero attached hydrogens (tertiary/aromatic N) is 4. The Labute approximate surface area is 197 Å². The zero-order chi connectivity index (χ0) is 23.0. The summed E-state index contributed by atoms with van der Waals surface area (Å²) in [4.78, 5) is 24.6. The van der Waals surface area contributed by atoms with E-state index in [1.807, 2.05) is 54.6 Å². The van der Waals surface area contributed by atoms with Crippen molar-refractivity contribution in [2.75, 3.05) is 12.4 Å². The second-order valence-corrected chi connectivity index (χ2v) is 8.90. The SMILES string of the molecule is COc1ccc(CNC(=O)CCc2nnc(C(=O)Nc3nnc(-c4ccccc4)s3)s2)cc1. The van der Waals surface area contributed by atoms with Crippen molar-refractivity contribution >= 4 is 39.6 Å². The summed E-state index contributed by atoms with van der Waals surface area (Å²) in [7, 11) is 1.61. The second-order valence-electron chi connectivity index (χ2n) is 6.86. The van der Waals surface area contributed by atoms with Crippen LogP contribution in [0.1, 0.15) is 26.8 Å². The Hall–Kier alpha value is -3.70. The molecule has 4 aromatic rings. The van der Waals surface area contributed by atoms with Crippen molar-refractivity contribution in [3.05, 3.63) is 70.2 Å². The van der Waals surface area contributed by atoms with Crippen LogP contribution in [0, 0.1) is 0 Å². The van der Waals surface area contributed by atoms with E-state index in [0.717, 1.165) is 28.2 Å². The molecule has 2 N–H and O–H groups in total. The van der Waals surface area contributed by atoms with Crippen LogP contribution in [-0.4, -0.2) is 39.3 Å². The Morgan fingerprint density at radius 1 is 0.939 bits per heavy atom. The lowest BCUT2D eigenvalue weighted by Crippen LogP contribution is -2.22. The van der Waals surface area contributed by atoms with Crippen molar-refractivity contribution in [3.63, 3.8) is 0 Å². The average Bonchev–Trinajstić information content (AvgIpc) is 3.52. The summed E-state index contributed by atoms with van der Waals surface area (Å²) in [5, 5.41) is 23.6. The summed E-state index contributed by atoms with van der Waals surface area (Å²) in [6, 6.07) is 17.1. The van der Waals surface area contributed by atoms with E-state index in [-0.39, 0.29) is 17.3 Å². The number of methoxy groups -OCH3 is 1. The number of hydrogen-bond acceptors (Lipinski definition) is 9. The average molecular weight is 481 g/mol. The largest absolute Gasteiger partial charge is 0.497 e. The first-order valence-corrected chi connectivity index (χ1v) is 11.7. The molecule has 2 aromatic carbocycles. The number of benzene rings is 2. The molecule has 0 radical (unpaired) electrons. The molecule has 0 fully saturated rings. The highest BCUT2D eigenvalue weighted by Gasteiger charge is 2.16. The van der Waals surface area contributed by atoms with E-state index in [2.05, 4.69) is 31.0 Å². The number of carbonyl (C=O) groups is 2. The van der Waals surface area contributed by atoms with Crippen LogP contribution in [0.3, 0.4) is 0 Å². The molecule has 2 amide bonds. The van der Waals surface area contributed by atoms with E-state index in [9.17, 15) is 9.59 Å². The van der Waals surface area contributed by atoms with Crippen molar-refractivity contribution in [1.29, 1.82) is 0 Å². The molecule has 0 saturated carbocycles. The van der Waals surface area contributed by atoms with E-state index in [1.165, 1.54) is 11.3 Å². The van der Waals surface area contributed by atoms with Gasteiger partial charge in [0.15, 0.2) is 0 Å². The Bertz CT molecular complexity index is 1220. The minimum absolute atomic E-state index is 0.102. The number of aromatic nitrogens is 4. The van der Waals surface area contributed by atoms with Crippen molar-refractivity contribution in [1.82, 2.24) is 25.7 Å². The highest BCUT2D eigenvalue weighted by atomic mass is 32.1. The van der Waals surface area contributed by atoms with Crippen LogP contribution in [0.2, 0.25) is 0 Å². The van der Waals surface area contributed by atoms with Crippen LogP contribution in [0.15, 0.2) is 54.6 Å². The third kappa shape index (κ3) is 6.18. The molecule has 2 heterocycles. The summed E-state index contributed by atoms with van der Waals surface area (Å²) in [5.41, 5.74) is 1.91. The van der Waals surface area contributed by atoms with E-state index >= 15 is 0 Å². The fourth-order valence-electron chi connectivity index (χ4n) is 2.82. The maximum Gasteiger partial charge on any atom is 0.288 e. The lowest BCUT2D eigenvalue weighted by molar-refractivity contribution is -0.121. The molecule has 11 heteroatoms. The van der Waals surface area contributed by atoms with Gasteiger partial charge in [-0.05, 0) is 17.7 Å². The molecule has 9 nitrogen and oxygen atoms in total. The van der Waals surface area contributed by atoms with E-state index < -0.39 is 5.91 Å². The van der Waals surface area contributed by atoms with Gasteiger partial charge < -0.3 is 10.1 Å². The van der Waals surface area contributed by atoms with Gasteiger partial charge in [0.25, 0.3) is 5.91 Å². The normalized spacial score (nSPS) is 10.6. The number of aryl methyl sites for hydroxylation is 1. The van der Waals surface area contributed by atoms with Crippen LogP contribution in [0.25, 0.3) is 10.6 Å². The van der Waals surface area contributed by atoms with E-state index in [1.54, 1.807) is 7.11 Å². The smallest absolute Gasteiger partial charge is 0.288 e. The first kappa shape index (κ1) is 22.5. The highest BCUT2D eigenvalue weighted by molar-refractivity contribution is 7.18. The lowest BCUT2D eigenvalue weighted by Gasteiger charge is -2.05. The number of ether oxygens (including phenoxy) is 1. The zero-order valence-corrected chi connectivity index (χ0v) is 19.3. The Morgan fingerprint density at radius 2 is 1.73 bits per heavy atom. The zero-order valence-electron chi connectivity index (χ0n) is 17.6. The van der Waals surface area contributed by atoms with Crippen LogP contribution in [0.5, 0.6) is 5.75 Å². The first-order valence-electron chi connectivity index (χ1n) is 10.0. The molecule has 0 unspecified atom stereocenters. The number of hydrogen-bond donors (Lipinski definition) is 2. The molecule has 0 aliphatic heterocycles. The van der Waals surface area contributed by atoms with Crippen molar-refractivity contribution < 1.29 is 14.3 Å². The molecule has 0 aliphatic carbocycles. The number of anilines is 1. The lowest BCUT2D eigenvalue weighted by atomic mass is 10.2. The second kappa shape index (κ2) is 10.7. The Kier molecular flexibility index (Phi) is 7.33. The molecular weight excluding hydrogens is 460 g/mol. The van der Waals surface area contributed by atoms with Crippen LogP contribution >= 0.6 is 22.7 Å². The topological polar surface area (TPSA) is 119 Å². The summed E-state index contributed by atoms with van der Waals surface area (Å²) in [5.74, 6) is 0.261. The molecule has 4 rings (SSSR count). The molecule has 0 spiro atoms. The monoisotopic (exact) mass is 480 g/mol. The summed E-state index contributed by atoms with van der Waals surface area (Å²) in [6.45, 7) is 0.430. The Balaban J connectivity index is 1.25. The van der Waals surface area contributed by atoms with Gasteiger partial charge in [0.2, 0.25) is 16.0 Å². The van der Waals surface area contributed by atoms with Gasteiger partial charge in [-0.3, -0.25) is 14.9 Å². The number of rotatable bonds is 9. The van der Waals surface area contributed by atoms with E-state index in [0.29, 0.717) is 28.1 Å². The third-order valence-electron chi connectivity index (χ3n) is 4.54. The standard InChI is InChI=1S/C22H20N6O3S2/c1-31-16-9-7-14(8-10-16)13-23-17(29)11-12-18-25-27-21(32-18)19(30)24-22-28-26-20(33-22)15-5-3-2-4-6-15/h2-10H,11-13H2,1H3,(H,23,29)(H,24,28,30). The van der Waals surface area contributed by atoms with Gasteiger partial charge in [-0.1, -0.05) is 65.1 Å². The molecule has 33 heavy (non-hydrogen) atoms. The maximum absolute atomic E-state index is 12.5. The van der Waals surface area contributed by atoms with Gasteiger partial charge in [-0.25, -0.2) is 0 Å². The summed E-state index contributed by atoms with van der Waals surface area (Å²) >= 11 is 2.43. The minimum atomic E-state index is -0.404. The fourth-order valence-corrected chi connectivity index (χ4v) is 4.30. The van der Waals surface area contributed by atoms with Gasteiger partial charge >= 0.3 is 0 Å². The summed E-state index contributed by atoms with van der Waals surface area (Å²) in [6.07, 6.45) is 0.652. The van der Waals surface area contributed by atoms with Crippen LogP contribution in [0.4, 0.5) is 5.13 Å². The molecule has 168 valence electrons. The number of nitrogens with one attached hydrogen (secondary N) is 2. The predicted molar refractivity (Wildman–Crippen MR) is 126 cm³/mol. The molecular formula is C22H20N6O3S2. The maximum atomic E-state index is 12.5. The number of carbonyl (C=O) groups excluding carboxylic acids is 2. The van der Waals surface area contributed by atoms with Crippen LogP contribution in [-0.2, 0) is 17.8 Å². The molecule has 0 atom stereocenters. The van der Waals surface area contributed by atoms with E-state index in [4.69, 9.17) is 4.74 Å². The molecule has 0 aliphatic rings. The van der Waals surface area contributed by atoms with Gasteiger partial charge in [-0.15, -0.1) is 20.4 Å². The van der Waals surface area contributed by atoms with Crippen molar-refractivity contribution in [2.45, 2.75) is 19.4 Å². The van der Waals surface area contributed by atoms with Gasteiger partial charge in [-0.2, -0.15) is 0 Å². The fraction of sp³-hybridized carbons (Fsp3) is 0.182. The first-order chi connectivity index (χ1) is 16.1. The predicted octanol–water partition coefficient (Wildman–Crippen LogP) is 3.57. The number of amides is 2.